The predicted molar refractivity (Wildman–Crippen MR) is 214 cm³/mol. The van der Waals surface area contributed by atoms with Gasteiger partial charge in [-0.1, -0.05) is 127 Å². The van der Waals surface area contributed by atoms with Crippen molar-refractivity contribution in [2.75, 3.05) is 9.80 Å². The smallest absolute Gasteiger partial charge is 0.134 e. The van der Waals surface area contributed by atoms with Crippen molar-refractivity contribution in [1.29, 1.82) is 0 Å². The molecule has 0 aliphatic carbocycles. The summed E-state index contributed by atoms with van der Waals surface area (Å²) in [5.74, 6) is 0.821. The molecule has 9 rings (SSSR count). The van der Waals surface area contributed by atoms with Crippen LogP contribution in [-0.4, -0.2) is 0 Å². The van der Waals surface area contributed by atoms with Gasteiger partial charge in [-0.3, -0.25) is 0 Å². The van der Waals surface area contributed by atoms with E-state index in [1.54, 1.807) is 6.26 Å². The summed E-state index contributed by atoms with van der Waals surface area (Å²) < 4.78 is 6.24. The number of hydrogen-bond acceptors (Lipinski definition) is 3. The maximum Gasteiger partial charge on any atom is 0.134 e. The number of benzene rings is 8. The molecule has 0 saturated carbocycles. The van der Waals surface area contributed by atoms with Crippen molar-refractivity contribution < 1.29 is 4.42 Å². The first-order valence-electron chi connectivity index (χ1n) is 17.3. The molecule has 0 spiro atoms. The maximum absolute atomic E-state index is 6.24. The van der Waals surface area contributed by atoms with E-state index in [1.807, 2.05) is 6.07 Å². The average molecular weight is 655 g/mol. The van der Waals surface area contributed by atoms with Crippen LogP contribution in [-0.2, 0) is 0 Å². The second-order valence-electron chi connectivity index (χ2n) is 12.5. The highest BCUT2D eigenvalue weighted by Crippen LogP contribution is 2.49. The Bertz CT molecular complexity index is 2490. The van der Waals surface area contributed by atoms with Gasteiger partial charge < -0.3 is 14.2 Å². The van der Waals surface area contributed by atoms with Gasteiger partial charge in [0.2, 0.25) is 0 Å². The molecule has 0 saturated heterocycles. The van der Waals surface area contributed by atoms with Crippen molar-refractivity contribution in [3.05, 3.63) is 206 Å². The normalized spacial score (nSPS) is 11.1. The van der Waals surface area contributed by atoms with E-state index >= 15 is 0 Å². The summed E-state index contributed by atoms with van der Waals surface area (Å²) in [4.78, 5) is 4.69. The van der Waals surface area contributed by atoms with Gasteiger partial charge in [0.05, 0.1) is 17.6 Å². The largest absolute Gasteiger partial charge is 0.464 e. The van der Waals surface area contributed by atoms with E-state index in [9.17, 15) is 0 Å². The number of para-hydroxylation sites is 4. The first kappa shape index (κ1) is 30.2. The van der Waals surface area contributed by atoms with Gasteiger partial charge >= 0.3 is 0 Å². The highest BCUT2D eigenvalue weighted by atomic mass is 16.3. The molecule has 0 atom stereocenters. The molecule has 1 heterocycles. The first-order valence-corrected chi connectivity index (χ1v) is 17.3. The number of rotatable bonds is 8. The molecule has 0 bridgehead atoms. The Morgan fingerprint density at radius 3 is 1.24 bits per heavy atom. The highest BCUT2D eigenvalue weighted by molar-refractivity contribution is 6.16. The summed E-state index contributed by atoms with van der Waals surface area (Å²) in [6.07, 6.45) is 1.76. The zero-order chi connectivity index (χ0) is 34.0. The third kappa shape index (κ3) is 5.51. The molecule has 0 amide bonds. The number of furan rings is 1. The number of nitrogens with zero attached hydrogens (tertiary/aromatic N) is 2. The third-order valence-electron chi connectivity index (χ3n) is 9.52. The topological polar surface area (TPSA) is 19.6 Å². The van der Waals surface area contributed by atoms with E-state index in [1.165, 1.54) is 5.39 Å². The zero-order valence-corrected chi connectivity index (χ0v) is 27.9. The molecule has 0 N–H and O–H groups in total. The Hall–Kier alpha value is -6.84. The summed E-state index contributed by atoms with van der Waals surface area (Å²) in [6, 6.07) is 70.8. The van der Waals surface area contributed by atoms with Crippen molar-refractivity contribution >= 4 is 55.7 Å². The Balaban J connectivity index is 1.34. The molecule has 242 valence electrons. The van der Waals surface area contributed by atoms with Gasteiger partial charge in [0.25, 0.3) is 0 Å². The van der Waals surface area contributed by atoms with E-state index < -0.39 is 0 Å². The fourth-order valence-corrected chi connectivity index (χ4v) is 7.32. The quantitative estimate of drug-likeness (QED) is 0.163. The van der Waals surface area contributed by atoms with Gasteiger partial charge in [0.1, 0.15) is 5.76 Å². The van der Waals surface area contributed by atoms with Crippen LogP contribution >= 0.6 is 0 Å². The minimum absolute atomic E-state index is 0.821. The molecule has 0 radical (unpaired) electrons. The fourth-order valence-electron chi connectivity index (χ4n) is 7.32. The Morgan fingerprint density at radius 2 is 0.745 bits per heavy atom. The van der Waals surface area contributed by atoms with Crippen molar-refractivity contribution in [3.8, 4) is 22.5 Å². The lowest BCUT2D eigenvalue weighted by Gasteiger charge is -2.29. The van der Waals surface area contributed by atoms with Crippen LogP contribution in [0.2, 0.25) is 0 Å². The van der Waals surface area contributed by atoms with E-state index in [-0.39, 0.29) is 0 Å². The van der Waals surface area contributed by atoms with Crippen LogP contribution in [0.4, 0.5) is 34.1 Å². The molecule has 9 aromatic rings. The summed E-state index contributed by atoms with van der Waals surface area (Å²) >= 11 is 0. The van der Waals surface area contributed by atoms with Crippen LogP contribution in [0, 0.1) is 0 Å². The first-order chi connectivity index (χ1) is 25.3. The Kier molecular flexibility index (Phi) is 7.84. The molecule has 0 aliphatic heterocycles. The predicted octanol–water partition coefficient (Wildman–Crippen LogP) is 13.9. The van der Waals surface area contributed by atoms with Gasteiger partial charge in [-0.15, -0.1) is 0 Å². The summed E-state index contributed by atoms with van der Waals surface area (Å²) in [7, 11) is 0. The summed E-state index contributed by atoms with van der Waals surface area (Å²) in [5.41, 5.74) is 9.91. The molecule has 8 aromatic carbocycles. The van der Waals surface area contributed by atoms with Crippen LogP contribution in [0.25, 0.3) is 44.0 Å². The molecular weight excluding hydrogens is 621 g/mol. The van der Waals surface area contributed by atoms with E-state index in [0.717, 1.165) is 72.7 Å². The molecule has 3 nitrogen and oxygen atoms in total. The molecule has 51 heavy (non-hydrogen) atoms. The van der Waals surface area contributed by atoms with Crippen LogP contribution in [0.5, 0.6) is 0 Å². The summed E-state index contributed by atoms with van der Waals surface area (Å²) in [6.45, 7) is 0. The molecule has 0 unspecified atom stereocenters. The third-order valence-corrected chi connectivity index (χ3v) is 9.52. The van der Waals surface area contributed by atoms with Crippen LogP contribution < -0.4 is 9.80 Å². The average Bonchev–Trinajstić information content (AvgIpc) is 3.75. The SMILES string of the molecule is c1ccc(N(c2ccccc2)c2ccc(-c3c(-c4ccco4)cc(N(c4ccccc4)c4ccccc4)c4ccccc34)c3ccccc23)cc1. The second-order valence-corrected chi connectivity index (χ2v) is 12.5. The van der Waals surface area contributed by atoms with Crippen molar-refractivity contribution in [1.82, 2.24) is 0 Å². The number of fused-ring (bicyclic) bond motifs is 2. The van der Waals surface area contributed by atoms with Gasteiger partial charge in [0, 0.05) is 44.6 Å². The van der Waals surface area contributed by atoms with Gasteiger partial charge in [0.15, 0.2) is 0 Å². The maximum atomic E-state index is 6.24. The molecule has 1 aromatic heterocycles. The lowest BCUT2D eigenvalue weighted by atomic mass is 9.87. The molecular formula is C48H34N2O. The van der Waals surface area contributed by atoms with Crippen molar-refractivity contribution in [3.63, 3.8) is 0 Å². The minimum atomic E-state index is 0.821. The fraction of sp³-hybridized carbons (Fsp3) is 0. The standard InChI is InChI=1S/C48H34N2O/c1-5-18-35(19-6-1)49(36-20-7-2-8-21-36)45-32-31-43(39-26-13-14-27-40(39)45)48-42-29-16-15-28-41(42)46(34-44(48)47-30-17-33-51-47)50(37-22-9-3-10-23-37)38-24-11-4-12-25-38/h1-34H. The van der Waals surface area contributed by atoms with Gasteiger partial charge in [-0.2, -0.15) is 0 Å². The lowest BCUT2D eigenvalue weighted by Crippen LogP contribution is -2.11. The van der Waals surface area contributed by atoms with Crippen LogP contribution in [0.3, 0.4) is 0 Å². The van der Waals surface area contributed by atoms with Crippen molar-refractivity contribution in [2.24, 2.45) is 0 Å². The molecule has 0 fully saturated rings. The van der Waals surface area contributed by atoms with E-state index in [2.05, 4.69) is 204 Å². The van der Waals surface area contributed by atoms with E-state index in [0.29, 0.717) is 0 Å². The van der Waals surface area contributed by atoms with Crippen molar-refractivity contribution in [2.45, 2.75) is 0 Å². The highest BCUT2D eigenvalue weighted by Gasteiger charge is 2.24. The number of hydrogen-bond donors (Lipinski definition) is 0. The molecule has 0 aliphatic rings. The van der Waals surface area contributed by atoms with Gasteiger partial charge in [-0.25, -0.2) is 0 Å². The summed E-state index contributed by atoms with van der Waals surface area (Å²) in [5, 5.41) is 4.63. The Morgan fingerprint density at radius 1 is 0.314 bits per heavy atom. The second kappa shape index (κ2) is 13.2. The lowest BCUT2D eigenvalue weighted by molar-refractivity contribution is 0.582. The van der Waals surface area contributed by atoms with Crippen LogP contribution in [0.15, 0.2) is 211 Å². The van der Waals surface area contributed by atoms with Crippen LogP contribution in [0.1, 0.15) is 0 Å². The molecule has 3 heteroatoms. The monoisotopic (exact) mass is 654 g/mol. The zero-order valence-electron chi connectivity index (χ0n) is 27.9. The van der Waals surface area contributed by atoms with E-state index in [4.69, 9.17) is 4.42 Å². The number of anilines is 6. The van der Waals surface area contributed by atoms with Gasteiger partial charge in [-0.05, 0) is 89.1 Å². The Labute approximate surface area is 297 Å². The minimum Gasteiger partial charge on any atom is -0.464 e.